The molecule has 16 heteroatoms. The van der Waals surface area contributed by atoms with Crippen molar-refractivity contribution in [3.63, 3.8) is 0 Å². The lowest BCUT2D eigenvalue weighted by atomic mass is 10.1. The number of hydrogen-bond acceptors (Lipinski definition) is 6. The molecule has 0 aromatic carbocycles. The number of esters is 1. The van der Waals surface area contributed by atoms with Crippen LogP contribution in [0.15, 0.2) is 12.2 Å². The van der Waals surface area contributed by atoms with Crippen LogP contribution in [0.5, 0.6) is 0 Å². The minimum absolute atomic E-state index is 0.269. The van der Waals surface area contributed by atoms with Gasteiger partial charge in [-0.05, 0) is 32.6 Å². The van der Waals surface area contributed by atoms with Gasteiger partial charge in [-0.2, -0.15) is 26.3 Å². The molecule has 0 saturated carbocycles. The number of alkyl halides is 6. The summed E-state index contributed by atoms with van der Waals surface area (Å²) in [5, 5.41) is 0. The van der Waals surface area contributed by atoms with E-state index in [1.54, 1.807) is 6.92 Å². The Morgan fingerprint density at radius 2 is 1.23 bits per heavy atom. The van der Waals surface area contributed by atoms with Crippen molar-refractivity contribution in [2.24, 2.45) is 0 Å². The summed E-state index contributed by atoms with van der Waals surface area (Å²) in [5.41, 5.74) is -11.9. The predicted molar refractivity (Wildman–Crippen MR) is 119 cm³/mol. The van der Waals surface area contributed by atoms with Crippen LogP contribution in [0, 0.1) is 0 Å². The molecule has 8 nitrogen and oxygen atoms in total. The van der Waals surface area contributed by atoms with E-state index in [-0.39, 0.29) is 5.97 Å². The van der Waals surface area contributed by atoms with Crippen LogP contribution in [-0.4, -0.2) is 72.1 Å². The van der Waals surface area contributed by atoms with E-state index in [2.05, 4.69) is 27.6 Å². The van der Waals surface area contributed by atoms with Crippen LogP contribution in [-0.2, 0) is 29.6 Å². The summed E-state index contributed by atoms with van der Waals surface area (Å²) >= 11 is 0. The van der Waals surface area contributed by atoms with Gasteiger partial charge >= 0.3 is 17.0 Å². The van der Waals surface area contributed by atoms with Gasteiger partial charge in [-0.3, -0.25) is 0 Å². The Bertz CT molecular complexity index is 827. The predicted octanol–water partition coefficient (Wildman–Crippen LogP) is 4.99. The van der Waals surface area contributed by atoms with Gasteiger partial charge in [0, 0.05) is 5.57 Å². The van der Waals surface area contributed by atoms with Crippen molar-refractivity contribution in [1.82, 2.24) is 0 Å². The van der Waals surface area contributed by atoms with Crippen LogP contribution in [0.2, 0.25) is 0 Å². The van der Waals surface area contributed by atoms with Gasteiger partial charge in [0.15, 0.2) is 20.0 Å². The average Bonchev–Trinajstić information content (AvgIpc) is 2.65. The van der Waals surface area contributed by atoms with E-state index in [4.69, 9.17) is 4.74 Å². The van der Waals surface area contributed by atoms with Gasteiger partial charge < -0.3 is 13.3 Å². The molecule has 0 aliphatic heterocycles. The fourth-order valence-electron chi connectivity index (χ4n) is 2.40. The molecule has 0 atom stereocenters. The first-order chi connectivity index (χ1) is 15.6. The van der Waals surface area contributed by atoms with Gasteiger partial charge in [0.2, 0.25) is 0 Å². The van der Waals surface area contributed by atoms with Crippen molar-refractivity contribution < 1.29 is 57.2 Å². The topological polar surface area (TPSA) is 109 Å². The van der Waals surface area contributed by atoms with E-state index in [1.165, 1.54) is 38.6 Å². The maximum Gasteiger partial charge on any atom is 0.480 e. The largest absolute Gasteiger partial charge is 0.480 e. The third-order valence-electron chi connectivity index (χ3n) is 4.39. The number of carbonyl (C=O) groups is 1. The summed E-state index contributed by atoms with van der Waals surface area (Å²) in [6, 6.07) is 0. The molecular formula is C19H34F6N2O6S2. The fraction of sp³-hybridized carbons (Fsp3) is 0.842. The average molecular weight is 565 g/mol. The zero-order valence-corrected chi connectivity index (χ0v) is 21.8. The Morgan fingerprint density at radius 1 is 0.829 bits per heavy atom. The number of carbonyl (C=O) groups excluding carboxylic acids is 1. The first-order valence-corrected chi connectivity index (χ1v) is 13.5. The number of sulfonamides is 2. The molecule has 210 valence electrons. The van der Waals surface area contributed by atoms with Crippen molar-refractivity contribution in [3.8, 4) is 0 Å². The van der Waals surface area contributed by atoms with Crippen LogP contribution in [0.1, 0.15) is 58.8 Å². The molecular weight excluding hydrogens is 530 g/mol. The molecule has 0 unspecified atom stereocenters. The Kier molecular flexibility index (Phi) is 15.3. The van der Waals surface area contributed by atoms with Crippen LogP contribution in [0.25, 0.3) is 4.13 Å². The Balaban J connectivity index is 0. The van der Waals surface area contributed by atoms with Gasteiger partial charge in [-0.25, -0.2) is 21.6 Å². The second-order valence-electron chi connectivity index (χ2n) is 8.34. The summed E-state index contributed by atoms with van der Waals surface area (Å²) in [4.78, 5) is 11.2. The van der Waals surface area contributed by atoms with Crippen LogP contribution in [0.4, 0.5) is 26.3 Å². The van der Waals surface area contributed by atoms with Gasteiger partial charge in [0.1, 0.15) is 0 Å². The Hall–Kier alpha value is -1.39. The molecule has 0 heterocycles. The van der Waals surface area contributed by atoms with Gasteiger partial charge in [0.05, 0.1) is 33.8 Å². The Labute approximate surface area is 203 Å². The number of ether oxygens (including phenoxy) is 1. The van der Waals surface area contributed by atoms with Crippen LogP contribution in [0.3, 0.4) is 0 Å². The lowest BCUT2D eigenvalue weighted by Crippen LogP contribution is -2.41. The van der Waals surface area contributed by atoms with Crippen LogP contribution < -0.4 is 0 Å². The molecule has 0 bridgehead atoms. The van der Waals surface area contributed by atoms with E-state index in [0.29, 0.717) is 12.2 Å². The van der Waals surface area contributed by atoms with Crippen molar-refractivity contribution in [1.29, 1.82) is 0 Å². The summed E-state index contributed by atoms with van der Waals surface area (Å²) in [6.45, 7) is 10.4. The quantitative estimate of drug-likeness (QED) is 0.0967. The minimum atomic E-state index is -6.72. The van der Waals surface area contributed by atoms with Crippen molar-refractivity contribution in [2.75, 3.05) is 33.8 Å². The molecule has 0 spiro atoms. The third-order valence-corrected chi connectivity index (χ3v) is 7.13. The minimum Gasteiger partial charge on any atom is -0.462 e. The third kappa shape index (κ3) is 16.1. The van der Waals surface area contributed by atoms with Gasteiger partial charge in [0.25, 0.3) is 0 Å². The lowest BCUT2D eigenvalue weighted by Gasteiger charge is -2.30. The van der Waals surface area contributed by atoms with Crippen LogP contribution >= 0.6 is 0 Å². The summed E-state index contributed by atoms with van der Waals surface area (Å²) in [5.74, 6) is -0.269. The first kappa shape index (κ1) is 35.8. The first-order valence-electron chi connectivity index (χ1n) is 10.6. The monoisotopic (exact) mass is 564 g/mol. The van der Waals surface area contributed by atoms with Crippen molar-refractivity contribution in [3.05, 3.63) is 16.3 Å². The van der Waals surface area contributed by atoms with E-state index in [1.807, 2.05) is 0 Å². The standard InChI is InChI=1S/C17H34NO2.C2F6NO4S2/c1-6-7-8-9-10-13-18(4,5)14-11-12-15-20-17(19)16(2)3;3-1(4,5)14(10,11)9-15(12,13)2(6,7)8/h2,6-15H2,1,3-5H3;/q+1;-1. The second kappa shape index (κ2) is 15.0. The van der Waals surface area contributed by atoms with E-state index in [0.717, 1.165) is 28.0 Å². The maximum atomic E-state index is 11.4. The molecule has 0 aliphatic rings. The normalized spacial score (nSPS) is 13.1. The molecule has 0 aromatic rings. The molecule has 0 radical (unpaired) electrons. The highest BCUT2D eigenvalue weighted by Crippen LogP contribution is 2.36. The number of quaternary nitrogens is 1. The molecule has 0 aliphatic carbocycles. The van der Waals surface area contributed by atoms with E-state index < -0.39 is 31.1 Å². The highest BCUT2D eigenvalue weighted by molar-refractivity contribution is 8.13. The molecule has 0 rings (SSSR count). The van der Waals surface area contributed by atoms with Gasteiger partial charge in [-0.15, -0.1) is 0 Å². The molecule has 0 aromatic heterocycles. The molecule has 0 saturated heterocycles. The highest BCUT2D eigenvalue weighted by atomic mass is 32.3. The SMILES string of the molecule is C=C(C)C(=O)OCCCC[N+](C)(C)CCCCCCC.O=S(=O)([N-]S(=O)(=O)C(F)(F)F)C(F)(F)F. The zero-order chi connectivity index (χ0) is 28.1. The van der Waals surface area contributed by atoms with Crippen molar-refractivity contribution >= 4 is 26.0 Å². The summed E-state index contributed by atoms with van der Waals surface area (Å²) in [6.07, 6.45) is 8.75. The zero-order valence-electron chi connectivity index (χ0n) is 20.2. The maximum absolute atomic E-state index is 11.4. The molecule has 0 fully saturated rings. The number of hydrogen-bond donors (Lipinski definition) is 0. The van der Waals surface area contributed by atoms with E-state index >= 15 is 0 Å². The van der Waals surface area contributed by atoms with Gasteiger partial charge in [-0.1, -0.05) is 32.8 Å². The van der Waals surface area contributed by atoms with Crippen molar-refractivity contribution in [2.45, 2.75) is 69.8 Å². The Morgan fingerprint density at radius 3 is 1.60 bits per heavy atom. The molecule has 35 heavy (non-hydrogen) atoms. The fourth-order valence-corrected chi connectivity index (χ4v) is 4.11. The smallest absolute Gasteiger partial charge is 0.462 e. The number of nitrogens with zero attached hydrogens (tertiary/aromatic N) is 2. The highest BCUT2D eigenvalue weighted by Gasteiger charge is 2.46. The number of halogens is 6. The molecule has 0 amide bonds. The van der Waals surface area contributed by atoms with E-state index in [9.17, 15) is 48.0 Å². The summed E-state index contributed by atoms with van der Waals surface area (Å²) in [7, 11) is -8.86. The summed E-state index contributed by atoms with van der Waals surface area (Å²) < 4.78 is 115. The second-order valence-corrected chi connectivity index (χ2v) is 11.8. The number of unbranched alkanes of at least 4 members (excludes halogenated alkanes) is 5. The molecule has 0 N–H and O–H groups in total. The lowest BCUT2D eigenvalue weighted by molar-refractivity contribution is -0.890. The number of rotatable bonds is 14.